The van der Waals surface area contributed by atoms with Crippen molar-refractivity contribution in [2.45, 2.75) is 39.7 Å². The molecule has 0 N–H and O–H groups in total. The Labute approximate surface area is 226 Å². The van der Waals surface area contributed by atoms with Gasteiger partial charge in [0.2, 0.25) is 17.4 Å². The number of aromatic nitrogens is 6. The topological polar surface area (TPSA) is 97.6 Å². The molecule has 0 atom stereocenters. The number of rotatable bonds is 5. The van der Waals surface area contributed by atoms with Gasteiger partial charge in [-0.3, -0.25) is 0 Å². The number of piperazine rings is 1. The molecule has 0 amide bonds. The minimum Gasteiger partial charge on any atom is -0.368 e. The van der Waals surface area contributed by atoms with Crippen LogP contribution >= 0.6 is 0 Å². The molecule has 0 unspecified atom stereocenters. The fourth-order valence-corrected chi connectivity index (χ4v) is 4.88. The maximum Gasteiger partial charge on any atom is 0.350 e. The van der Waals surface area contributed by atoms with Gasteiger partial charge in [-0.1, -0.05) is 67.9 Å². The van der Waals surface area contributed by atoms with Crippen LogP contribution in [0.1, 0.15) is 37.8 Å². The Kier molecular flexibility index (Phi) is 6.17. The van der Waals surface area contributed by atoms with E-state index in [2.05, 4.69) is 94.1 Å². The van der Waals surface area contributed by atoms with Crippen LogP contribution in [0.4, 0.5) is 11.5 Å². The second kappa shape index (κ2) is 9.68. The number of fused-ring (bicyclic) bond motifs is 1. The minimum absolute atomic E-state index is 0.0631. The van der Waals surface area contributed by atoms with E-state index in [9.17, 15) is 4.79 Å². The van der Waals surface area contributed by atoms with Crippen LogP contribution in [0.2, 0.25) is 0 Å². The van der Waals surface area contributed by atoms with E-state index in [1.165, 1.54) is 25.9 Å². The molecule has 1 saturated heterocycles. The van der Waals surface area contributed by atoms with Gasteiger partial charge in [0.05, 0.1) is 0 Å². The van der Waals surface area contributed by atoms with Crippen LogP contribution in [0, 0.1) is 6.92 Å². The molecule has 0 saturated carbocycles. The van der Waals surface area contributed by atoms with Gasteiger partial charge in [-0.2, -0.15) is 4.98 Å². The third-order valence-corrected chi connectivity index (χ3v) is 7.22. The molecule has 10 nitrogen and oxygen atoms in total. The zero-order valence-corrected chi connectivity index (χ0v) is 22.7. The highest BCUT2D eigenvalue weighted by molar-refractivity contribution is 5.64. The largest absolute Gasteiger partial charge is 0.368 e. The van der Waals surface area contributed by atoms with E-state index in [4.69, 9.17) is 4.52 Å². The Hall–Kier alpha value is -4.47. The number of anilines is 2. The normalized spacial score (nSPS) is 14.4. The van der Waals surface area contributed by atoms with Crippen LogP contribution in [-0.4, -0.2) is 55.5 Å². The molecule has 1 fully saturated rings. The standard InChI is InChI=1S/C29H32N8O2/c1-20-5-11-23(12-6-20)34-15-17-35(18-16-34)26-27-32-37(28(38)36(27)14-13-30-26)19-24-31-25(33-39-24)21-7-9-22(10-8-21)29(2,3)4/h5-14H,15-19H2,1-4H3. The van der Waals surface area contributed by atoms with Crippen LogP contribution in [0.3, 0.4) is 0 Å². The SMILES string of the molecule is Cc1ccc(N2CCN(c3nccn4c(=O)n(Cc5nc(-c6ccc(C(C)(C)C)cc6)no5)nc34)CC2)cc1. The minimum atomic E-state index is -0.277. The van der Waals surface area contributed by atoms with E-state index in [1.807, 2.05) is 12.1 Å². The Morgan fingerprint density at radius 2 is 1.62 bits per heavy atom. The summed E-state index contributed by atoms with van der Waals surface area (Å²) in [5, 5.41) is 8.74. The lowest BCUT2D eigenvalue weighted by molar-refractivity contribution is 0.364. The van der Waals surface area contributed by atoms with Crippen molar-refractivity contribution in [1.82, 2.24) is 29.3 Å². The predicted octanol–water partition coefficient (Wildman–Crippen LogP) is 3.92. The molecule has 10 heteroatoms. The van der Waals surface area contributed by atoms with Crippen molar-refractivity contribution in [2.24, 2.45) is 0 Å². The average molecular weight is 525 g/mol. The third kappa shape index (κ3) is 4.89. The summed E-state index contributed by atoms with van der Waals surface area (Å²) in [6.45, 7) is 12.0. The summed E-state index contributed by atoms with van der Waals surface area (Å²) in [6, 6.07) is 16.7. The van der Waals surface area contributed by atoms with Gasteiger partial charge < -0.3 is 14.3 Å². The van der Waals surface area contributed by atoms with E-state index in [1.54, 1.807) is 12.4 Å². The van der Waals surface area contributed by atoms with Gasteiger partial charge in [-0.25, -0.2) is 18.9 Å². The molecule has 5 aromatic rings. The van der Waals surface area contributed by atoms with Crippen molar-refractivity contribution in [3.63, 3.8) is 0 Å². The first-order valence-corrected chi connectivity index (χ1v) is 13.2. The molecule has 2 aromatic carbocycles. The Morgan fingerprint density at radius 3 is 2.31 bits per heavy atom. The lowest BCUT2D eigenvalue weighted by Gasteiger charge is -2.36. The van der Waals surface area contributed by atoms with E-state index in [0.717, 1.165) is 31.7 Å². The zero-order chi connectivity index (χ0) is 27.1. The molecule has 200 valence electrons. The van der Waals surface area contributed by atoms with Crippen molar-refractivity contribution in [3.8, 4) is 11.4 Å². The van der Waals surface area contributed by atoms with Gasteiger partial charge in [-0.05, 0) is 30.0 Å². The summed E-state index contributed by atoms with van der Waals surface area (Å²) < 4.78 is 8.35. The van der Waals surface area contributed by atoms with E-state index < -0.39 is 0 Å². The van der Waals surface area contributed by atoms with Gasteiger partial charge in [0.1, 0.15) is 6.54 Å². The summed E-state index contributed by atoms with van der Waals surface area (Å²) in [7, 11) is 0. The zero-order valence-electron chi connectivity index (χ0n) is 22.7. The van der Waals surface area contributed by atoms with Crippen LogP contribution in [-0.2, 0) is 12.0 Å². The molecule has 0 radical (unpaired) electrons. The molecular formula is C29H32N8O2. The second-order valence-corrected chi connectivity index (χ2v) is 11.0. The average Bonchev–Trinajstić information content (AvgIpc) is 3.53. The first-order chi connectivity index (χ1) is 18.8. The molecule has 39 heavy (non-hydrogen) atoms. The number of aryl methyl sites for hydroxylation is 1. The molecule has 4 heterocycles. The van der Waals surface area contributed by atoms with Crippen molar-refractivity contribution in [1.29, 1.82) is 0 Å². The summed E-state index contributed by atoms with van der Waals surface area (Å²) in [6.07, 6.45) is 3.29. The fourth-order valence-electron chi connectivity index (χ4n) is 4.88. The van der Waals surface area contributed by atoms with Crippen molar-refractivity contribution >= 4 is 17.2 Å². The summed E-state index contributed by atoms with van der Waals surface area (Å²) >= 11 is 0. The first-order valence-electron chi connectivity index (χ1n) is 13.2. The monoisotopic (exact) mass is 524 g/mol. The fraction of sp³-hybridized carbons (Fsp3) is 0.345. The molecule has 1 aliphatic heterocycles. The van der Waals surface area contributed by atoms with E-state index in [-0.39, 0.29) is 17.6 Å². The third-order valence-electron chi connectivity index (χ3n) is 7.22. The number of nitrogens with zero attached hydrogens (tertiary/aromatic N) is 8. The lowest BCUT2D eigenvalue weighted by Crippen LogP contribution is -2.47. The van der Waals surface area contributed by atoms with E-state index in [0.29, 0.717) is 23.2 Å². The Morgan fingerprint density at radius 1 is 0.923 bits per heavy atom. The van der Waals surface area contributed by atoms with Crippen LogP contribution in [0.15, 0.2) is 70.2 Å². The molecule has 6 rings (SSSR count). The molecule has 0 aliphatic carbocycles. The molecule has 0 spiro atoms. The van der Waals surface area contributed by atoms with Crippen molar-refractivity contribution in [2.75, 3.05) is 36.0 Å². The highest BCUT2D eigenvalue weighted by atomic mass is 16.5. The van der Waals surface area contributed by atoms with Gasteiger partial charge in [0.25, 0.3) is 0 Å². The quantitative estimate of drug-likeness (QED) is 0.341. The number of hydrogen-bond donors (Lipinski definition) is 0. The summed E-state index contributed by atoms with van der Waals surface area (Å²) in [5.74, 6) is 1.50. The van der Waals surface area contributed by atoms with Crippen LogP contribution in [0.25, 0.3) is 17.0 Å². The molecule has 0 bridgehead atoms. The van der Waals surface area contributed by atoms with Crippen LogP contribution < -0.4 is 15.5 Å². The second-order valence-electron chi connectivity index (χ2n) is 11.0. The number of benzene rings is 2. The first kappa shape index (κ1) is 24.8. The van der Waals surface area contributed by atoms with Crippen molar-refractivity contribution < 1.29 is 4.52 Å². The molecule has 3 aromatic heterocycles. The maximum atomic E-state index is 13.2. The van der Waals surface area contributed by atoms with Gasteiger partial charge in [0, 0.05) is 49.8 Å². The summed E-state index contributed by atoms with van der Waals surface area (Å²) in [5.41, 5.74) is 4.86. The predicted molar refractivity (Wildman–Crippen MR) is 150 cm³/mol. The van der Waals surface area contributed by atoms with Crippen molar-refractivity contribution in [3.05, 3.63) is 88.4 Å². The Bertz CT molecular complexity index is 1650. The lowest BCUT2D eigenvalue weighted by atomic mass is 9.87. The van der Waals surface area contributed by atoms with Gasteiger partial charge in [0.15, 0.2) is 5.82 Å². The van der Waals surface area contributed by atoms with E-state index >= 15 is 0 Å². The molecular weight excluding hydrogens is 492 g/mol. The Balaban J connectivity index is 1.20. The number of hydrogen-bond acceptors (Lipinski definition) is 8. The maximum absolute atomic E-state index is 13.2. The highest BCUT2D eigenvalue weighted by Gasteiger charge is 2.23. The summed E-state index contributed by atoms with van der Waals surface area (Å²) in [4.78, 5) is 26.8. The smallest absolute Gasteiger partial charge is 0.350 e. The highest BCUT2D eigenvalue weighted by Crippen LogP contribution is 2.25. The van der Waals surface area contributed by atoms with Crippen LogP contribution in [0.5, 0.6) is 0 Å². The molecule has 1 aliphatic rings. The van der Waals surface area contributed by atoms with Gasteiger partial charge >= 0.3 is 5.69 Å². The van der Waals surface area contributed by atoms with Gasteiger partial charge in [-0.15, -0.1) is 5.10 Å².